The molecular formula is C15H22ClN3O. The second-order valence-corrected chi connectivity index (χ2v) is 5.82. The average molecular weight is 296 g/mol. The van der Waals surface area contributed by atoms with Crippen LogP contribution in [0.15, 0.2) is 12.3 Å². The minimum absolute atomic E-state index is 0.0385. The molecule has 0 saturated carbocycles. The number of pyridine rings is 1. The van der Waals surface area contributed by atoms with Gasteiger partial charge in [0.1, 0.15) is 5.82 Å². The van der Waals surface area contributed by atoms with Crippen molar-refractivity contribution < 1.29 is 4.79 Å². The maximum Gasteiger partial charge on any atom is 0.255 e. The zero-order chi connectivity index (χ0) is 14.5. The summed E-state index contributed by atoms with van der Waals surface area (Å²) in [5.74, 6) is 1.37. The molecule has 1 N–H and O–H groups in total. The molecule has 1 atom stereocenters. The molecule has 2 rings (SSSR count). The van der Waals surface area contributed by atoms with Crippen LogP contribution in [0.3, 0.4) is 0 Å². The fourth-order valence-corrected chi connectivity index (χ4v) is 2.73. The topological polar surface area (TPSA) is 45.2 Å². The van der Waals surface area contributed by atoms with Gasteiger partial charge in [0.15, 0.2) is 0 Å². The number of carbonyl (C=O) groups excluding carboxylic acids is 1. The van der Waals surface area contributed by atoms with Gasteiger partial charge in [0.2, 0.25) is 0 Å². The molecule has 0 aliphatic carbocycles. The summed E-state index contributed by atoms with van der Waals surface area (Å²) in [6.45, 7) is 6.64. The molecule has 1 fully saturated rings. The van der Waals surface area contributed by atoms with E-state index in [2.05, 4.69) is 17.2 Å². The molecule has 1 amide bonds. The zero-order valence-corrected chi connectivity index (χ0v) is 12.9. The van der Waals surface area contributed by atoms with Crippen LogP contribution in [-0.4, -0.2) is 35.4 Å². The van der Waals surface area contributed by atoms with E-state index in [4.69, 9.17) is 11.6 Å². The monoisotopic (exact) mass is 295 g/mol. The van der Waals surface area contributed by atoms with E-state index < -0.39 is 0 Å². The second kappa shape index (κ2) is 6.93. The number of nitrogens with zero attached hydrogens (tertiary/aromatic N) is 2. The van der Waals surface area contributed by atoms with Crippen LogP contribution in [0.2, 0.25) is 5.02 Å². The highest BCUT2D eigenvalue weighted by Crippen LogP contribution is 2.22. The highest BCUT2D eigenvalue weighted by molar-refractivity contribution is 6.33. The van der Waals surface area contributed by atoms with Crippen molar-refractivity contribution in [3.8, 4) is 0 Å². The van der Waals surface area contributed by atoms with Crippen molar-refractivity contribution in [3.63, 3.8) is 0 Å². The van der Waals surface area contributed by atoms with E-state index in [0.29, 0.717) is 22.3 Å². The fraction of sp³-hybridized carbons (Fsp3) is 0.600. The van der Waals surface area contributed by atoms with Gasteiger partial charge in [-0.3, -0.25) is 4.79 Å². The Morgan fingerprint density at radius 3 is 3.00 bits per heavy atom. The van der Waals surface area contributed by atoms with Crippen molar-refractivity contribution >= 4 is 23.3 Å². The zero-order valence-electron chi connectivity index (χ0n) is 12.2. The molecule has 110 valence electrons. The molecule has 2 heterocycles. The van der Waals surface area contributed by atoms with E-state index >= 15 is 0 Å². The van der Waals surface area contributed by atoms with Crippen LogP contribution in [0.1, 0.15) is 43.5 Å². The summed E-state index contributed by atoms with van der Waals surface area (Å²) < 4.78 is 0. The molecule has 1 aromatic rings. The Balaban J connectivity index is 2.10. The minimum atomic E-state index is 0.0385. The molecule has 0 spiro atoms. The van der Waals surface area contributed by atoms with Crippen LogP contribution in [-0.2, 0) is 0 Å². The van der Waals surface area contributed by atoms with E-state index in [0.717, 1.165) is 32.5 Å². The normalized spacial score (nSPS) is 19.6. The number of carbonyl (C=O) groups is 1. The van der Waals surface area contributed by atoms with Crippen molar-refractivity contribution in [2.24, 2.45) is 5.92 Å². The van der Waals surface area contributed by atoms with Crippen LogP contribution in [0, 0.1) is 5.92 Å². The summed E-state index contributed by atoms with van der Waals surface area (Å²) in [6, 6.07) is 1.71. The average Bonchev–Trinajstić information content (AvgIpc) is 2.65. The molecule has 5 heteroatoms. The summed E-state index contributed by atoms with van der Waals surface area (Å²) in [5, 5.41) is 3.57. The first kappa shape index (κ1) is 15.1. The fourth-order valence-electron chi connectivity index (χ4n) is 2.50. The Morgan fingerprint density at radius 1 is 1.50 bits per heavy atom. The maximum absolute atomic E-state index is 12.5. The van der Waals surface area contributed by atoms with Gasteiger partial charge in [-0.15, -0.1) is 0 Å². The molecule has 1 aliphatic heterocycles. The van der Waals surface area contributed by atoms with Crippen molar-refractivity contribution in [1.82, 2.24) is 9.88 Å². The minimum Gasteiger partial charge on any atom is -0.369 e. The first-order chi connectivity index (χ1) is 9.61. The van der Waals surface area contributed by atoms with Crippen molar-refractivity contribution in [1.29, 1.82) is 0 Å². The lowest BCUT2D eigenvalue weighted by atomic mass is 10.0. The van der Waals surface area contributed by atoms with Crippen LogP contribution in [0.5, 0.6) is 0 Å². The highest BCUT2D eigenvalue weighted by Gasteiger charge is 2.20. The third-order valence-corrected chi connectivity index (χ3v) is 4.02. The number of anilines is 1. The molecular weight excluding hydrogens is 274 g/mol. The Morgan fingerprint density at radius 2 is 2.30 bits per heavy atom. The molecule has 1 unspecified atom stereocenters. The number of hydrogen-bond acceptors (Lipinski definition) is 3. The largest absolute Gasteiger partial charge is 0.369 e. The predicted molar refractivity (Wildman–Crippen MR) is 82.3 cm³/mol. The second-order valence-electron chi connectivity index (χ2n) is 5.41. The maximum atomic E-state index is 12.5. The van der Waals surface area contributed by atoms with E-state index in [1.54, 1.807) is 12.3 Å². The first-order valence-corrected chi connectivity index (χ1v) is 7.68. The lowest BCUT2D eigenvalue weighted by molar-refractivity contribution is 0.0760. The van der Waals surface area contributed by atoms with E-state index in [-0.39, 0.29) is 5.91 Å². The lowest BCUT2D eigenvalue weighted by Crippen LogP contribution is -2.32. The molecule has 1 saturated heterocycles. The van der Waals surface area contributed by atoms with Gasteiger partial charge in [0.05, 0.1) is 10.6 Å². The Labute approximate surface area is 125 Å². The van der Waals surface area contributed by atoms with Gasteiger partial charge < -0.3 is 10.2 Å². The molecule has 0 bridgehead atoms. The Kier molecular flexibility index (Phi) is 5.24. The Hall–Kier alpha value is -1.29. The van der Waals surface area contributed by atoms with E-state index in [9.17, 15) is 4.79 Å². The molecule has 20 heavy (non-hydrogen) atoms. The van der Waals surface area contributed by atoms with E-state index in [1.165, 1.54) is 6.42 Å². The van der Waals surface area contributed by atoms with Crippen LogP contribution in [0.25, 0.3) is 0 Å². The predicted octanol–water partition coefficient (Wildman–Crippen LogP) is 3.43. The van der Waals surface area contributed by atoms with E-state index in [1.807, 2.05) is 11.8 Å². The van der Waals surface area contributed by atoms with Gasteiger partial charge in [-0.25, -0.2) is 4.98 Å². The van der Waals surface area contributed by atoms with Gasteiger partial charge in [-0.2, -0.15) is 0 Å². The third-order valence-electron chi connectivity index (χ3n) is 3.74. The SMILES string of the molecule is CCNc1ncc(C(=O)N2CCCC(C)CC2)cc1Cl. The number of rotatable bonds is 3. The standard InChI is InChI=1S/C15H22ClN3O/c1-3-17-14-13(16)9-12(10-18-14)15(20)19-7-4-5-11(2)6-8-19/h9-11H,3-8H2,1-2H3,(H,17,18). The number of likely N-dealkylation sites (tertiary alicyclic amines) is 1. The van der Waals surface area contributed by atoms with Gasteiger partial charge in [0, 0.05) is 25.8 Å². The van der Waals surface area contributed by atoms with Gasteiger partial charge in [0.25, 0.3) is 5.91 Å². The molecule has 4 nitrogen and oxygen atoms in total. The van der Waals surface area contributed by atoms with Crippen LogP contribution >= 0.6 is 11.6 Å². The summed E-state index contributed by atoms with van der Waals surface area (Å²) in [7, 11) is 0. The van der Waals surface area contributed by atoms with Gasteiger partial charge >= 0.3 is 0 Å². The number of hydrogen-bond donors (Lipinski definition) is 1. The summed E-state index contributed by atoms with van der Waals surface area (Å²) in [6.07, 6.45) is 4.95. The van der Waals surface area contributed by atoms with Gasteiger partial charge in [-0.1, -0.05) is 18.5 Å². The van der Waals surface area contributed by atoms with Crippen LogP contribution < -0.4 is 5.32 Å². The molecule has 0 radical (unpaired) electrons. The van der Waals surface area contributed by atoms with Gasteiger partial charge in [-0.05, 0) is 38.2 Å². The number of amides is 1. The highest BCUT2D eigenvalue weighted by atomic mass is 35.5. The van der Waals surface area contributed by atoms with Crippen molar-refractivity contribution in [2.45, 2.75) is 33.1 Å². The number of nitrogens with one attached hydrogen (secondary N) is 1. The summed E-state index contributed by atoms with van der Waals surface area (Å²) in [5.41, 5.74) is 0.575. The molecule has 1 aliphatic rings. The smallest absolute Gasteiger partial charge is 0.255 e. The molecule has 1 aromatic heterocycles. The van der Waals surface area contributed by atoms with Crippen molar-refractivity contribution in [2.75, 3.05) is 25.0 Å². The lowest BCUT2D eigenvalue weighted by Gasteiger charge is -2.20. The third kappa shape index (κ3) is 3.63. The Bertz CT molecular complexity index is 478. The number of halogens is 1. The number of aromatic nitrogens is 1. The van der Waals surface area contributed by atoms with Crippen LogP contribution in [0.4, 0.5) is 5.82 Å². The molecule has 0 aromatic carbocycles. The summed E-state index contributed by atoms with van der Waals surface area (Å²) in [4.78, 5) is 18.6. The summed E-state index contributed by atoms with van der Waals surface area (Å²) >= 11 is 6.15. The van der Waals surface area contributed by atoms with Crippen molar-refractivity contribution in [3.05, 3.63) is 22.8 Å². The quantitative estimate of drug-likeness (QED) is 0.929. The first-order valence-electron chi connectivity index (χ1n) is 7.30.